The maximum atomic E-state index is 5.10. The SMILES string of the molecule is c1ccc(-c2cc(-c3ccccc3)nc(-c3cccc(-c4cccc(-c5cccc(-c6ccc7c8ccc(-c9ccccc9)c9c%10ccccc%10n(c7c6)c89)c5)c4)c3)n2)cc1. The zero-order chi connectivity index (χ0) is 40.3. The van der Waals surface area contributed by atoms with Crippen LogP contribution in [0.15, 0.2) is 224 Å². The van der Waals surface area contributed by atoms with Crippen LogP contribution >= 0.6 is 0 Å². The zero-order valence-corrected chi connectivity index (χ0v) is 33.2. The van der Waals surface area contributed by atoms with Gasteiger partial charge in [0.05, 0.1) is 27.9 Å². The Kier molecular flexibility index (Phi) is 8.17. The first-order valence-electron chi connectivity index (χ1n) is 20.8. The quantitative estimate of drug-likeness (QED) is 0.161. The molecular weight excluding hydrogens is 739 g/mol. The molecule has 3 nitrogen and oxygen atoms in total. The van der Waals surface area contributed by atoms with E-state index >= 15 is 0 Å². The lowest BCUT2D eigenvalue weighted by Gasteiger charge is -2.11. The number of aromatic nitrogens is 3. The summed E-state index contributed by atoms with van der Waals surface area (Å²) in [6, 6.07) is 80.3. The van der Waals surface area contributed by atoms with E-state index in [2.05, 4.69) is 217 Å². The van der Waals surface area contributed by atoms with Crippen LogP contribution in [0.1, 0.15) is 0 Å². The Hall–Kier alpha value is -8.14. The largest absolute Gasteiger partial charge is 0.308 e. The van der Waals surface area contributed by atoms with Gasteiger partial charge in [0, 0.05) is 38.2 Å². The summed E-state index contributed by atoms with van der Waals surface area (Å²) in [7, 11) is 0. The second kappa shape index (κ2) is 14.3. The van der Waals surface area contributed by atoms with Crippen molar-refractivity contribution in [2.75, 3.05) is 0 Å². The third-order valence-corrected chi connectivity index (χ3v) is 12.1. The summed E-state index contributed by atoms with van der Waals surface area (Å²) in [5, 5.41) is 5.16. The van der Waals surface area contributed by atoms with Crippen molar-refractivity contribution in [1.82, 2.24) is 14.4 Å². The van der Waals surface area contributed by atoms with E-state index in [1.807, 2.05) is 12.1 Å². The summed E-state index contributed by atoms with van der Waals surface area (Å²) < 4.78 is 2.48. The van der Waals surface area contributed by atoms with Crippen molar-refractivity contribution >= 4 is 38.1 Å². The van der Waals surface area contributed by atoms with Crippen molar-refractivity contribution < 1.29 is 0 Å². The van der Waals surface area contributed by atoms with Crippen LogP contribution in [0.25, 0.3) is 117 Å². The average Bonchev–Trinajstić information content (AvgIpc) is 3.87. The summed E-state index contributed by atoms with van der Waals surface area (Å²) >= 11 is 0. The van der Waals surface area contributed by atoms with Crippen molar-refractivity contribution in [3.05, 3.63) is 224 Å². The predicted molar refractivity (Wildman–Crippen MR) is 255 cm³/mol. The Morgan fingerprint density at radius 1 is 0.279 bits per heavy atom. The minimum Gasteiger partial charge on any atom is -0.308 e. The van der Waals surface area contributed by atoms with Gasteiger partial charge in [-0.15, -0.1) is 0 Å². The first-order valence-corrected chi connectivity index (χ1v) is 20.8. The fourth-order valence-corrected chi connectivity index (χ4v) is 9.23. The summed E-state index contributed by atoms with van der Waals surface area (Å²) in [5.74, 6) is 0.702. The molecule has 0 amide bonds. The van der Waals surface area contributed by atoms with E-state index in [1.165, 1.54) is 71.5 Å². The van der Waals surface area contributed by atoms with Crippen LogP contribution in [0.5, 0.6) is 0 Å². The molecule has 0 unspecified atom stereocenters. The molecule has 0 aliphatic carbocycles. The summed E-state index contributed by atoms with van der Waals surface area (Å²) in [6.45, 7) is 0. The molecule has 3 heterocycles. The molecule has 0 aliphatic heterocycles. The van der Waals surface area contributed by atoms with Crippen LogP contribution in [0, 0.1) is 0 Å². The molecule has 0 bridgehead atoms. The van der Waals surface area contributed by atoms with Crippen molar-refractivity contribution in [3.63, 3.8) is 0 Å². The molecule has 284 valence electrons. The van der Waals surface area contributed by atoms with Crippen LogP contribution in [-0.2, 0) is 0 Å². The topological polar surface area (TPSA) is 30.2 Å². The lowest BCUT2D eigenvalue weighted by molar-refractivity contribution is 1.18. The van der Waals surface area contributed by atoms with Crippen LogP contribution in [0.2, 0.25) is 0 Å². The van der Waals surface area contributed by atoms with Crippen LogP contribution in [0.3, 0.4) is 0 Å². The van der Waals surface area contributed by atoms with Gasteiger partial charge in [-0.3, -0.25) is 0 Å². The van der Waals surface area contributed by atoms with E-state index in [1.54, 1.807) is 0 Å². The predicted octanol–water partition coefficient (Wildman–Crippen LogP) is 15.3. The lowest BCUT2D eigenvalue weighted by Crippen LogP contribution is -1.96. The molecule has 0 fully saturated rings. The number of para-hydroxylation sites is 1. The van der Waals surface area contributed by atoms with Crippen molar-refractivity contribution in [3.8, 4) is 78.4 Å². The molecular formula is C58H37N3. The molecule has 12 aromatic rings. The monoisotopic (exact) mass is 775 g/mol. The molecule has 0 spiro atoms. The molecule has 0 saturated heterocycles. The highest BCUT2D eigenvalue weighted by atomic mass is 14.9. The minimum atomic E-state index is 0.702. The molecule has 0 N–H and O–H groups in total. The number of hydrogen-bond acceptors (Lipinski definition) is 2. The van der Waals surface area contributed by atoms with Crippen molar-refractivity contribution in [2.45, 2.75) is 0 Å². The molecule has 0 saturated carbocycles. The Balaban J connectivity index is 0.920. The van der Waals surface area contributed by atoms with Gasteiger partial charge in [0.2, 0.25) is 0 Å². The van der Waals surface area contributed by atoms with Gasteiger partial charge < -0.3 is 4.40 Å². The standard InChI is InChI=1S/C58H37N3/c1-4-15-38(16-5-1)48-31-32-50-49-30-29-46(36-55(49)61-54-28-11-10-27-51(54)56(48)57(50)61)44-24-13-22-42(34-44)41-21-12-23-43(33-41)45-25-14-26-47(35-45)58-59-52(39-17-6-2-7-18-39)37-53(60-58)40-19-8-3-9-20-40/h1-37H. The summed E-state index contributed by atoms with van der Waals surface area (Å²) in [4.78, 5) is 10.2. The van der Waals surface area contributed by atoms with Gasteiger partial charge in [-0.25, -0.2) is 9.97 Å². The van der Waals surface area contributed by atoms with Crippen molar-refractivity contribution in [1.29, 1.82) is 0 Å². The van der Waals surface area contributed by atoms with Crippen LogP contribution < -0.4 is 0 Å². The van der Waals surface area contributed by atoms with Gasteiger partial charge in [-0.2, -0.15) is 0 Å². The lowest BCUT2D eigenvalue weighted by atomic mass is 9.95. The molecule has 3 aromatic heterocycles. The first-order chi connectivity index (χ1) is 30.2. The zero-order valence-electron chi connectivity index (χ0n) is 33.2. The molecule has 9 aromatic carbocycles. The number of nitrogens with zero attached hydrogens (tertiary/aromatic N) is 3. The molecule has 0 aliphatic rings. The highest BCUT2D eigenvalue weighted by molar-refractivity contribution is 6.27. The fraction of sp³-hybridized carbons (Fsp3) is 0. The van der Waals surface area contributed by atoms with E-state index in [0.29, 0.717) is 5.82 Å². The molecule has 3 heteroatoms. The summed E-state index contributed by atoms with van der Waals surface area (Å²) in [5.41, 5.74) is 18.1. The van der Waals surface area contributed by atoms with E-state index in [0.717, 1.165) is 39.2 Å². The van der Waals surface area contributed by atoms with E-state index in [-0.39, 0.29) is 0 Å². The second-order valence-corrected chi connectivity index (χ2v) is 15.8. The first kappa shape index (κ1) is 34.9. The number of hydrogen-bond donors (Lipinski definition) is 0. The summed E-state index contributed by atoms with van der Waals surface area (Å²) in [6.07, 6.45) is 0. The fourth-order valence-electron chi connectivity index (χ4n) is 9.23. The van der Waals surface area contributed by atoms with Gasteiger partial charge in [0.15, 0.2) is 5.82 Å². The number of fused-ring (bicyclic) bond motifs is 6. The van der Waals surface area contributed by atoms with Gasteiger partial charge >= 0.3 is 0 Å². The molecule has 12 rings (SSSR count). The average molecular weight is 776 g/mol. The third-order valence-electron chi connectivity index (χ3n) is 12.1. The molecule has 0 atom stereocenters. The number of benzene rings is 9. The van der Waals surface area contributed by atoms with E-state index < -0.39 is 0 Å². The van der Waals surface area contributed by atoms with Crippen molar-refractivity contribution in [2.24, 2.45) is 0 Å². The number of rotatable bonds is 7. The Labute approximate surface area is 353 Å². The Morgan fingerprint density at radius 3 is 1.33 bits per heavy atom. The highest BCUT2D eigenvalue weighted by Gasteiger charge is 2.21. The molecule has 61 heavy (non-hydrogen) atoms. The van der Waals surface area contributed by atoms with Crippen LogP contribution in [0.4, 0.5) is 0 Å². The Morgan fingerprint density at radius 2 is 0.738 bits per heavy atom. The third kappa shape index (κ3) is 5.98. The Bertz CT molecular complexity index is 3510. The van der Waals surface area contributed by atoms with Gasteiger partial charge in [0.25, 0.3) is 0 Å². The van der Waals surface area contributed by atoms with Gasteiger partial charge in [-0.05, 0) is 80.9 Å². The smallest absolute Gasteiger partial charge is 0.160 e. The van der Waals surface area contributed by atoms with E-state index in [4.69, 9.17) is 9.97 Å². The maximum absolute atomic E-state index is 5.10. The van der Waals surface area contributed by atoms with Gasteiger partial charge in [-0.1, -0.05) is 188 Å². The van der Waals surface area contributed by atoms with Crippen LogP contribution in [-0.4, -0.2) is 14.4 Å². The second-order valence-electron chi connectivity index (χ2n) is 15.8. The minimum absolute atomic E-state index is 0.702. The molecule has 0 radical (unpaired) electrons. The highest BCUT2D eigenvalue weighted by Crippen LogP contribution is 2.44. The maximum Gasteiger partial charge on any atom is 0.160 e. The van der Waals surface area contributed by atoms with E-state index in [9.17, 15) is 0 Å². The van der Waals surface area contributed by atoms with Gasteiger partial charge in [0.1, 0.15) is 0 Å². The normalized spacial score (nSPS) is 11.6.